The number of nitrogens with one attached hydrogen (secondary N) is 2. The molecule has 2 aromatic carbocycles. The zero-order valence-corrected chi connectivity index (χ0v) is 17.2. The molecule has 0 spiro atoms. The van der Waals surface area contributed by atoms with Crippen LogP contribution in [0.2, 0.25) is 0 Å². The number of fused-ring (bicyclic) bond motifs is 1. The Balaban J connectivity index is 1.75. The Labute approximate surface area is 168 Å². The van der Waals surface area contributed by atoms with Gasteiger partial charge in [0, 0.05) is 29.2 Å². The van der Waals surface area contributed by atoms with Crippen molar-refractivity contribution in [1.29, 1.82) is 0 Å². The smallest absolute Gasteiger partial charge is 0.255 e. The van der Waals surface area contributed by atoms with E-state index >= 15 is 0 Å². The number of hydrogen-bond donors (Lipinski definition) is 2. The van der Waals surface area contributed by atoms with Crippen molar-refractivity contribution in [3.8, 4) is 0 Å². The number of amides is 2. The molecule has 1 aliphatic rings. The maximum atomic E-state index is 12.5. The molecule has 2 amide bonds. The molecule has 0 radical (unpaired) electrons. The fourth-order valence-electron chi connectivity index (χ4n) is 2.85. The van der Waals surface area contributed by atoms with Gasteiger partial charge in [-0.05, 0) is 42.5 Å². The van der Waals surface area contributed by atoms with Gasteiger partial charge in [0.15, 0.2) is 0 Å². The van der Waals surface area contributed by atoms with Gasteiger partial charge in [-0.1, -0.05) is 13.8 Å². The van der Waals surface area contributed by atoms with Gasteiger partial charge in [0.2, 0.25) is 15.9 Å². The predicted octanol–water partition coefficient (Wildman–Crippen LogP) is 3.01. The van der Waals surface area contributed by atoms with Crippen LogP contribution in [0, 0.1) is 0 Å². The number of thioether (sulfide) groups is 1. The predicted molar refractivity (Wildman–Crippen MR) is 110 cm³/mol. The molecule has 1 aliphatic heterocycles. The normalized spacial score (nSPS) is 13.8. The Morgan fingerprint density at radius 1 is 1.14 bits per heavy atom. The van der Waals surface area contributed by atoms with E-state index in [1.54, 1.807) is 44.2 Å². The van der Waals surface area contributed by atoms with E-state index in [0.717, 1.165) is 4.90 Å². The summed E-state index contributed by atoms with van der Waals surface area (Å²) in [4.78, 5) is 25.1. The van der Waals surface area contributed by atoms with E-state index in [2.05, 4.69) is 10.6 Å². The Morgan fingerprint density at radius 3 is 2.46 bits per heavy atom. The molecule has 0 saturated carbocycles. The summed E-state index contributed by atoms with van der Waals surface area (Å²) in [7, 11) is -3.54. The van der Waals surface area contributed by atoms with Gasteiger partial charge in [-0.25, -0.2) is 8.42 Å². The van der Waals surface area contributed by atoms with Crippen LogP contribution in [0.5, 0.6) is 0 Å². The molecule has 0 saturated heterocycles. The topological polar surface area (TPSA) is 95.6 Å². The minimum absolute atomic E-state index is 0.0972. The van der Waals surface area contributed by atoms with Crippen LogP contribution in [0.15, 0.2) is 52.3 Å². The van der Waals surface area contributed by atoms with Crippen LogP contribution in [0.25, 0.3) is 0 Å². The largest absolute Gasteiger partial charge is 0.324 e. The first-order valence-corrected chi connectivity index (χ1v) is 11.3. The number of carbonyl (C=O) groups is 2. The van der Waals surface area contributed by atoms with Crippen molar-refractivity contribution in [2.45, 2.75) is 23.6 Å². The molecule has 28 heavy (non-hydrogen) atoms. The molecule has 2 N–H and O–H groups in total. The standard InChI is InChI=1S/C19H21N3O4S2/c1-3-22(4-2)28(25,26)15-8-6-14(7-9-15)20-19(24)13-5-10-17-16(11-13)21-18(23)12-27-17/h5-11H,3-4,12H2,1-2H3,(H,20,24)(H,21,23). The van der Waals surface area contributed by atoms with Gasteiger partial charge in [-0.15, -0.1) is 11.8 Å². The maximum absolute atomic E-state index is 12.5. The Hall–Kier alpha value is -2.36. The monoisotopic (exact) mass is 419 g/mol. The lowest BCUT2D eigenvalue weighted by Gasteiger charge is -2.18. The number of rotatable bonds is 6. The first kappa shape index (κ1) is 20.4. The Bertz CT molecular complexity index is 1000. The fourth-order valence-corrected chi connectivity index (χ4v) is 5.10. The third kappa shape index (κ3) is 4.21. The molecule has 3 rings (SSSR count). The molecule has 0 fully saturated rings. The number of anilines is 2. The molecule has 1 heterocycles. The highest BCUT2D eigenvalue weighted by atomic mass is 32.2. The van der Waals surface area contributed by atoms with Gasteiger partial charge in [-0.3, -0.25) is 9.59 Å². The van der Waals surface area contributed by atoms with Crippen molar-refractivity contribution < 1.29 is 18.0 Å². The first-order valence-electron chi connectivity index (χ1n) is 8.83. The molecule has 0 atom stereocenters. The van der Waals surface area contributed by atoms with Crippen molar-refractivity contribution >= 4 is 45.0 Å². The minimum Gasteiger partial charge on any atom is -0.324 e. The van der Waals surface area contributed by atoms with Crippen molar-refractivity contribution in [3.05, 3.63) is 48.0 Å². The molecule has 0 unspecified atom stereocenters. The van der Waals surface area contributed by atoms with E-state index in [1.165, 1.54) is 28.2 Å². The van der Waals surface area contributed by atoms with Crippen LogP contribution in [0.1, 0.15) is 24.2 Å². The quantitative estimate of drug-likeness (QED) is 0.750. The van der Waals surface area contributed by atoms with E-state index in [9.17, 15) is 18.0 Å². The van der Waals surface area contributed by atoms with Crippen LogP contribution in [0.3, 0.4) is 0 Å². The number of hydrogen-bond acceptors (Lipinski definition) is 5. The van der Waals surface area contributed by atoms with Crippen LogP contribution < -0.4 is 10.6 Å². The third-order valence-electron chi connectivity index (χ3n) is 4.33. The van der Waals surface area contributed by atoms with Gasteiger partial charge >= 0.3 is 0 Å². The van der Waals surface area contributed by atoms with Crippen LogP contribution in [-0.2, 0) is 14.8 Å². The SMILES string of the molecule is CCN(CC)S(=O)(=O)c1ccc(NC(=O)c2ccc3c(c2)NC(=O)CS3)cc1. The minimum atomic E-state index is -3.54. The highest BCUT2D eigenvalue weighted by molar-refractivity contribution is 8.00. The summed E-state index contributed by atoms with van der Waals surface area (Å²) in [6.45, 7) is 4.36. The Kier molecular flexibility index (Phi) is 6.07. The Morgan fingerprint density at radius 2 is 1.82 bits per heavy atom. The highest BCUT2D eigenvalue weighted by Gasteiger charge is 2.21. The fraction of sp³-hybridized carbons (Fsp3) is 0.263. The summed E-state index contributed by atoms with van der Waals surface area (Å²) < 4.78 is 26.4. The van der Waals surface area contributed by atoms with Crippen molar-refractivity contribution in [2.75, 3.05) is 29.5 Å². The molecule has 7 nitrogen and oxygen atoms in total. The number of benzene rings is 2. The summed E-state index contributed by atoms with van der Waals surface area (Å²) in [6.07, 6.45) is 0. The van der Waals surface area contributed by atoms with Crippen molar-refractivity contribution in [1.82, 2.24) is 4.31 Å². The van der Waals surface area contributed by atoms with E-state index in [-0.39, 0.29) is 16.7 Å². The first-order chi connectivity index (χ1) is 13.3. The lowest BCUT2D eigenvalue weighted by atomic mass is 10.1. The summed E-state index contributed by atoms with van der Waals surface area (Å²) in [5, 5.41) is 5.50. The van der Waals surface area contributed by atoms with Gasteiger partial charge < -0.3 is 10.6 Å². The second-order valence-corrected chi connectivity index (χ2v) is 9.07. The van der Waals surface area contributed by atoms with Gasteiger partial charge in [-0.2, -0.15) is 4.31 Å². The lowest BCUT2D eigenvalue weighted by Crippen LogP contribution is -2.30. The van der Waals surface area contributed by atoms with Crippen molar-refractivity contribution in [2.24, 2.45) is 0 Å². The van der Waals surface area contributed by atoms with Gasteiger partial charge in [0.1, 0.15) is 0 Å². The molecule has 0 aliphatic carbocycles. The van der Waals surface area contributed by atoms with E-state index in [0.29, 0.717) is 35.8 Å². The molecule has 9 heteroatoms. The maximum Gasteiger partial charge on any atom is 0.255 e. The summed E-state index contributed by atoms with van der Waals surface area (Å²) in [5.41, 5.74) is 1.51. The van der Waals surface area contributed by atoms with E-state index < -0.39 is 10.0 Å². The average molecular weight is 420 g/mol. The van der Waals surface area contributed by atoms with Crippen LogP contribution >= 0.6 is 11.8 Å². The number of carbonyl (C=O) groups excluding carboxylic acids is 2. The van der Waals surface area contributed by atoms with Gasteiger partial charge in [0.25, 0.3) is 5.91 Å². The number of nitrogens with zero attached hydrogens (tertiary/aromatic N) is 1. The molecule has 0 aromatic heterocycles. The van der Waals surface area contributed by atoms with Crippen LogP contribution in [-0.4, -0.2) is 43.4 Å². The molecule has 2 aromatic rings. The lowest BCUT2D eigenvalue weighted by molar-refractivity contribution is -0.113. The molecular formula is C19H21N3O4S2. The molecule has 148 valence electrons. The highest BCUT2D eigenvalue weighted by Crippen LogP contribution is 2.32. The second kappa shape index (κ2) is 8.34. The van der Waals surface area contributed by atoms with Crippen LogP contribution in [0.4, 0.5) is 11.4 Å². The number of sulfonamides is 1. The third-order valence-corrected chi connectivity index (χ3v) is 7.47. The van der Waals surface area contributed by atoms with Crippen molar-refractivity contribution in [3.63, 3.8) is 0 Å². The van der Waals surface area contributed by atoms with E-state index in [4.69, 9.17) is 0 Å². The molecule has 0 bridgehead atoms. The summed E-state index contributed by atoms with van der Waals surface area (Å²) >= 11 is 1.43. The van der Waals surface area contributed by atoms with E-state index in [1.807, 2.05) is 0 Å². The second-order valence-electron chi connectivity index (χ2n) is 6.12. The zero-order valence-electron chi connectivity index (χ0n) is 15.6. The molecular weight excluding hydrogens is 398 g/mol. The summed E-state index contributed by atoms with van der Waals surface area (Å²) in [5.74, 6) is -0.0755. The average Bonchev–Trinajstić information content (AvgIpc) is 2.68. The zero-order chi connectivity index (χ0) is 20.3. The summed E-state index contributed by atoms with van der Waals surface area (Å²) in [6, 6.07) is 11.2. The van der Waals surface area contributed by atoms with Gasteiger partial charge in [0.05, 0.1) is 16.3 Å².